The zero-order chi connectivity index (χ0) is 27.3. The van der Waals surface area contributed by atoms with Crippen LogP contribution in [0.15, 0.2) is 11.4 Å². The van der Waals surface area contributed by atoms with Crippen molar-refractivity contribution in [3.63, 3.8) is 0 Å². The van der Waals surface area contributed by atoms with Crippen LogP contribution in [0.5, 0.6) is 0 Å². The van der Waals surface area contributed by atoms with Gasteiger partial charge in [0.15, 0.2) is 5.65 Å². The molecule has 11 nitrogen and oxygen atoms in total. The Morgan fingerprint density at radius 2 is 1.79 bits per heavy atom. The molecule has 0 aromatic carbocycles. The Morgan fingerprint density at radius 1 is 1.11 bits per heavy atom. The zero-order valence-electron chi connectivity index (χ0n) is 22.6. The lowest BCUT2D eigenvalue weighted by Gasteiger charge is -2.35. The molecule has 2 aromatic heterocycles. The second-order valence-corrected chi connectivity index (χ2v) is 10.6. The molecular weight excluding hydrogens is 488 g/mol. The summed E-state index contributed by atoms with van der Waals surface area (Å²) in [5.74, 6) is 0.131. The highest BCUT2D eigenvalue weighted by Gasteiger charge is 2.43. The highest BCUT2D eigenvalue weighted by atomic mass is 16.7. The van der Waals surface area contributed by atoms with E-state index in [0.717, 1.165) is 72.3 Å². The zero-order valence-corrected chi connectivity index (χ0v) is 22.6. The van der Waals surface area contributed by atoms with Gasteiger partial charge in [-0.3, -0.25) is 4.79 Å². The number of fused-ring (bicyclic) bond motifs is 1. The average molecular weight is 529 g/mol. The van der Waals surface area contributed by atoms with Crippen LogP contribution in [-0.4, -0.2) is 60.4 Å². The van der Waals surface area contributed by atoms with Crippen molar-refractivity contribution in [2.45, 2.75) is 116 Å². The van der Waals surface area contributed by atoms with Gasteiger partial charge in [0.05, 0.1) is 22.5 Å². The van der Waals surface area contributed by atoms with Gasteiger partial charge in [0.25, 0.3) is 0 Å². The quantitative estimate of drug-likeness (QED) is 0.406. The van der Waals surface area contributed by atoms with Crippen LogP contribution in [0.1, 0.15) is 95.7 Å². The Hall–Kier alpha value is -3.37. The molecule has 4 N–H and O–H groups in total. The lowest BCUT2D eigenvalue weighted by Crippen LogP contribution is -2.43. The molecule has 2 fully saturated rings. The number of nitrogens with one attached hydrogen (secondary N) is 2. The molecule has 1 spiro atoms. The van der Waals surface area contributed by atoms with Gasteiger partial charge in [-0.05, 0) is 52.4 Å². The Morgan fingerprint density at radius 3 is 2.42 bits per heavy atom. The minimum atomic E-state index is -1.83. The molecule has 0 unspecified atom stereocenters. The van der Waals surface area contributed by atoms with Crippen LogP contribution in [-0.2, 0) is 16.2 Å². The second kappa shape index (κ2) is 12.0. The average Bonchev–Trinajstić information content (AvgIpc) is 3.47. The molecule has 0 bridgehead atoms. The lowest BCUT2D eigenvalue weighted by molar-refractivity contribution is -0.122. The van der Waals surface area contributed by atoms with Crippen LogP contribution in [0.2, 0.25) is 0 Å². The fourth-order valence-electron chi connectivity index (χ4n) is 5.91. The summed E-state index contributed by atoms with van der Waals surface area (Å²) in [6, 6.07) is 0.715. The maximum Gasteiger partial charge on any atom is 0.503 e. The molecule has 0 atom stereocenters. The third-order valence-electron chi connectivity index (χ3n) is 7.92. The van der Waals surface area contributed by atoms with Gasteiger partial charge in [0.2, 0.25) is 5.91 Å². The normalized spacial score (nSPS) is 23.3. The van der Waals surface area contributed by atoms with E-state index in [9.17, 15) is 4.79 Å². The van der Waals surface area contributed by atoms with Crippen LogP contribution < -0.4 is 10.6 Å². The highest BCUT2D eigenvalue weighted by Crippen LogP contribution is 2.42. The fraction of sp³-hybridized carbons (Fsp3) is 0.667. The van der Waals surface area contributed by atoms with Crippen molar-refractivity contribution in [3.8, 4) is 0 Å². The molecule has 11 heteroatoms. The lowest BCUT2D eigenvalue weighted by atomic mass is 9.78. The van der Waals surface area contributed by atoms with Crippen molar-refractivity contribution < 1.29 is 24.6 Å². The van der Waals surface area contributed by atoms with Crippen LogP contribution in [0.3, 0.4) is 0 Å². The molecule has 0 saturated heterocycles. The van der Waals surface area contributed by atoms with Crippen LogP contribution >= 0.6 is 0 Å². The number of oxime groups is 1. The van der Waals surface area contributed by atoms with Gasteiger partial charge in [-0.25, -0.2) is 14.5 Å². The Balaban J connectivity index is 0.000000786. The Bertz CT molecular complexity index is 1170. The third kappa shape index (κ3) is 6.19. The molecule has 3 aliphatic rings. The van der Waals surface area contributed by atoms with E-state index in [1.54, 1.807) is 0 Å². The van der Waals surface area contributed by atoms with E-state index in [-0.39, 0.29) is 17.6 Å². The number of hydrogen-bond donors (Lipinski definition) is 4. The van der Waals surface area contributed by atoms with E-state index in [2.05, 4.69) is 29.6 Å². The van der Waals surface area contributed by atoms with Gasteiger partial charge in [0.1, 0.15) is 5.60 Å². The molecule has 2 aromatic rings. The minimum absolute atomic E-state index is 0.131. The summed E-state index contributed by atoms with van der Waals surface area (Å²) < 4.78 is 1.99. The smallest absolute Gasteiger partial charge is 0.450 e. The van der Waals surface area contributed by atoms with E-state index < -0.39 is 6.16 Å². The van der Waals surface area contributed by atoms with Crippen molar-refractivity contribution in [2.24, 2.45) is 5.16 Å². The molecule has 38 heavy (non-hydrogen) atoms. The van der Waals surface area contributed by atoms with E-state index in [1.165, 1.54) is 32.1 Å². The fourth-order valence-corrected chi connectivity index (χ4v) is 5.91. The Labute approximate surface area is 223 Å². The minimum Gasteiger partial charge on any atom is -0.450 e. The van der Waals surface area contributed by atoms with Gasteiger partial charge in [-0.1, -0.05) is 31.3 Å². The number of rotatable bonds is 6. The summed E-state index contributed by atoms with van der Waals surface area (Å²) in [4.78, 5) is 31.3. The number of carbonyl (C=O) groups excluding carboxylic acids is 1. The summed E-state index contributed by atoms with van der Waals surface area (Å²) >= 11 is 0. The molecule has 1 amide bonds. The number of carbonyl (C=O) groups is 2. The topological polar surface area (TPSA) is 151 Å². The number of aromatic nitrogens is 3. The molecule has 2 saturated carbocycles. The number of amides is 1. The van der Waals surface area contributed by atoms with Gasteiger partial charge in [-0.15, -0.1) is 0 Å². The number of hydrogen-bond acceptors (Lipinski definition) is 7. The number of nitrogens with zero attached hydrogens (tertiary/aromatic N) is 4. The van der Waals surface area contributed by atoms with Crippen molar-refractivity contribution in [1.82, 2.24) is 20.1 Å². The van der Waals surface area contributed by atoms with Gasteiger partial charge >= 0.3 is 6.16 Å². The highest BCUT2D eigenvalue weighted by molar-refractivity contribution is 6.11. The van der Waals surface area contributed by atoms with Crippen molar-refractivity contribution in [1.29, 1.82) is 0 Å². The molecule has 1 aliphatic heterocycles. The van der Waals surface area contributed by atoms with Crippen LogP contribution in [0, 0.1) is 6.92 Å². The maximum absolute atomic E-state index is 11.8. The maximum atomic E-state index is 11.8. The molecule has 2 aliphatic carbocycles. The van der Waals surface area contributed by atoms with E-state index >= 15 is 0 Å². The molecule has 208 valence electrons. The van der Waals surface area contributed by atoms with Crippen molar-refractivity contribution in [2.75, 3.05) is 5.32 Å². The second-order valence-electron chi connectivity index (χ2n) is 10.6. The number of pyridine rings is 1. The van der Waals surface area contributed by atoms with E-state index in [0.29, 0.717) is 12.5 Å². The first-order chi connectivity index (χ1) is 18.2. The van der Waals surface area contributed by atoms with Crippen LogP contribution in [0.25, 0.3) is 11.0 Å². The first-order valence-corrected chi connectivity index (χ1v) is 13.8. The van der Waals surface area contributed by atoms with Crippen molar-refractivity contribution in [3.05, 3.63) is 17.5 Å². The predicted octanol–water partition coefficient (Wildman–Crippen LogP) is 5.06. The van der Waals surface area contributed by atoms with Crippen LogP contribution in [0.4, 0.5) is 10.5 Å². The summed E-state index contributed by atoms with van der Waals surface area (Å²) in [7, 11) is 0. The first kappa shape index (κ1) is 27.7. The first-order valence-electron chi connectivity index (χ1n) is 13.8. The summed E-state index contributed by atoms with van der Waals surface area (Å²) in [5.41, 5.74) is 4.83. The number of aryl methyl sites for hydroxylation is 2. The molecule has 3 heterocycles. The van der Waals surface area contributed by atoms with Gasteiger partial charge < -0.3 is 25.7 Å². The monoisotopic (exact) mass is 528 g/mol. The van der Waals surface area contributed by atoms with Crippen molar-refractivity contribution >= 4 is 34.5 Å². The predicted molar refractivity (Wildman–Crippen MR) is 145 cm³/mol. The molecule has 5 rings (SSSR count). The van der Waals surface area contributed by atoms with Gasteiger partial charge in [-0.2, -0.15) is 5.10 Å². The summed E-state index contributed by atoms with van der Waals surface area (Å²) in [6.45, 7) is 6.87. The largest absolute Gasteiger partial charge is 0.503 e. The van der Waals surface area contributed by atoms with E-state index in [4.69, 9.17) is 29.9 Å². The van der Waals surface area contributed by atoms with E-state index in [1.807, 2.05) is 17.8 Å². The third-order valence-corrected chi connectivity index (χ3v) is 7.92. The number of anilines is 1. The Kier molecular flexibility index (Phi) is 8.73. The summed E-state index contributed by atoms with van der Waals surface area (Å²) in [5, 5.41) is 31.5. The SMILES string of the molecule is CCC(=O)NC1CCC2(CC1)CC(c1cnc3c(c(C)nn3CC)c1NC1CCCCC1)=NO2.O=C(O)O. The standard InChI is InChI=1S/C26H38N6O2.CH2O3/c1-4-22(33)28-19-11-13-26(14-12-19)15-21(31-34-26)20-16-27-25-23(17(3)30-32(25)5-2)24(20)29-18-9-7-6-8-10-18;2-1(3)4/h16,18-19H,4-15H2,1-3H3,(H,27,29)(H,28,33);(H2,2,3,4). The van der Waals surface area contributed by atoms with Gasteiger partial charge in [0, 0.05) is 43.2 Å². The summed E-state index contributed by atoms with van der Waals surface area (Å²) in [6.07, 6.45) is 11.4. The molecule has 0 radical (unpaired) electrons. The number of carboxylic acid groups (broad SMARTS) is 2. The molecular formula is C27H40N6O5.